The van der Waals surface area contributed by atoms with Gasteiger partial charge in [0.2, 0.25) is 17.7 Å². The summed E-state index contributed by atoms with van der Waals surface area (Å²) in [6, 6.07) is 1.87. The van der Waals surface area contributed by atoms with Crippen LogP contribution in [0.3, 0.4) is 0 Å². The van der Waals surface area contributed by atoms with E-state index in [1.54, 1.807) is 0 Å². The minimum atomic E-state index is 0.501. The summed E-state index contributed by atoms with van der Waals surface area (Å²) in [6.07, 6.45) is 10.2. The van der Waals surface area contributed by atoms with Crippen LogP contribution in [0.5, 0.6) is 0 Å². The number of aryl methyl sites for hydroxylation is 1. The molecule has 7 heteroatoms. The summed E-state index contributed by atoms with van der Waals surface area (Å²) in [5.41, 5.74) is 1.48. The average Bonchev–Trinajstić information content (AvgIpc) is 3.23. The van der Waals surface area contributed by atoms with E-state index in [-0.39, 0.29) is 0 Å². The van der Waals surface area contributed by atoms with E-state index in [9.17, 15) is 0 Å². The zero-order valence-electron chi connectivity index (χ0n) is 20.1. The molecule has 32 heavy (non-hydrogen) atoms. The zero-order chi connectivity index (χ0) is 22.5. The Kier molecular flexibility index (Phi) is 7.55. The van der Waals surface area contributed by atoms with Gasteiger partial charge in [0.25, 0.3) is 0 Å². The van der Waals surface area contributed by atoms with Gasteiger partial charge in [0, 0.05) is 58.0 Å². The van der Waals surface area contributed by atoms with Gasteiger partial charge < -0.3 is 9.32 Å². The number of aromatic nitrogens is 4. The first-order chi connectivity index (χ1) is 15.5. The minimum absolute atomic E-state index is 0.501. The second-order valence-corrected chi connectivity index (χ2v) is 9.80. The maximum atomic E-state index is 5.89. The molecule has 3 atom stereocenters. The maximum Gasteiger partial charge on any atom is 0.225 e. The number of rotatable bonds is 8. The molecule has 2 aromatic heterocycles. The number of allylic oxidation sites excluding steroid dienone is 1. The molecule has 0 amide bonds. The fourth-order valence-corrected chi connectivity index (χ4v) is 5.27. The highest BCUT2D eigenvalue weighted by atomic mass is 16.4. The Morgan fingerprint density at radius 3 is 2.47 bits per heavy atom. The van der Waals surface area contributed by atoms with E-state index in [0.29, 0.717) is 23.7 Å². The van der Waals surface area contributed by atoms with E-state index in [4.69, 9.17) is 4.42 Å². The van der Waals surface area contributed by atoms with Gasteiger partial charge in [0.1, 0.15) is 0 Å². The quantitative estimate of drug-likeness (QED) is 0.576. The van der Waals surface area contributed by atoms with Crippen LogP contribution in [0.1, 0.15) is 52.3 Å². The van der Waals surface area contributed by atoms with E-state index in [1.807, 2.05) is 18.5 Å². The molecule has 0 aromatic carbocycles. The van der Waals surface area contributed by atoms with E-state index in [1.165, 1.54) is 12.0 Å². The molecule has 1 fully saturated rings. The molecule has 3 unspecified atom stereocenters. The maximum absolute atomic E-state index is 5.89. The van der Waals surface area contributed by atoms with Gasteiger partial charge in [0.05, 0.1) is 0 Å². The molecule has 4 rings (SSSR count). The molecule has 1 aliphatic carbocycles. The standard InChI is InChI=1S/C25H38N6O/c1-5-7-23-28-29-24(32-23)16-20-15-22(18(2)3)21(14-19(20)4)17-30-10-12-31(13-11-30)25-26-8-6-9-27-25/h6,8-9,14,18,20-22H,5,7,10-13,15-17H2,1-4H3. The lowest BCUT2D eigenvalue weighted by molar-refractivity contribution is 0.154. The van der Waals surface area contributed by atoms with E-state index < -0.39 is 0 Å². The van der Waals surface area contributed by atoms with Crippen LogP contribution in [0.4, 0.5) is 5.95 Å². The Labute approximate surface area is 192 Å². The third-order valence-corrected chi connectivity index (χ3v) is 7.15. The smallest absolute Gasteiger partial charge is 0.225 e. The Balaban J connectivity index is 1.37. The van der Waals surface area contributed by atoms with Crippen LogP contribution in [0, 0.1) is 23.7 Å². The molecule has 0 radical (unpaired) electrons. The van der Waals surface area contributed by atoms with Crippen molar-refractivity contribution in [3.05, 3.63) is 41.9 Å². The van der Waals surface area contributed by atoms with Crippen molar-refractivity contribution < 1.29 is 4.42 Å². The number of piperazine rings is 1. The van der Waals surface area contributed by atoms with Crippen LogP contribution in [-0.4, -0.2) is 57.8 Å². The summed E-state index contributed by atoms with van der Waals surface area (Å²) in [5.74, 6) is 4.86. The van der Waals surface area contributed by atoms with Gasteiger partial charge in [0.15, 0.2) is 0 Å². The van der Waals surface area contributed by atoms with E-state index in [0.717, 1.165) is 69.7 Å². The zero-order valence-corrected chi connectivity index (χ0v) is 20.1. The molecular formula is C25H38N6O. The lowest BCUT2D eigenvalue weighted by Gasteiger charge is -2.41. The first-order valence-electron chi connectivity index (χ1n) is 12.3. The van der Waals surface area contributed by atoms with Crippen LogP contribution in [-0.2, 0) is 12.8 Å². The number of hydrogen-bond acceptors (Lipinski definition) is 7. The number of anilines is 1. The molecule has 0 N–H and O–H groups in total. The summed E-state index contributed by atoms with van der Waals surface area (Å²) in [5, 5.41) is 8.53. The van der Waals surface area contributed by atoms with Crippen molar-refractivity contribution in [2.45, 2.75) is 53.4 Å². The normalized spacial score (nSPS) is 24.7. The van der Waals surface area contributed by atoms with Gasteiger partial charge in [-0.25, -0.2) is 9.97 Å². The van der Waals surface area contributed by atoms with E-state index in [2.05, 4.69) is 63.7 Å². The first-order valence-corrected chi connectivity index (χ1v) is 12.3. The monoisotopic (exact) mass is 438 g/mol. The molecule has 0 spiro atoms. The SMILES string of the molecule is CCCc1nnc(CC2CC(C(C)C)C(CN3CCN(c4ncccn4)CC3)C=C2C)o1. The fourth-order valence-electron chi connectivity index (χ4n) is 5.27. The molecule has 1 saturated heterocycles. The molecule has 1 aliphatic heterocycles. The number of nitrogens with zero attached hydrogens (tertiary/aromatic N) is 6. The second kappa shape index (κ2) is 10.6. The lowest BCUT2D eigenvalue weighted by atomic mass is 9.69. The summed E-state index contributed by atoms with van der Waals surface area (Å²) < 4.78 is 5.89. The van der Waals surface area contributed by atoms with Gasteiger partial charge in [-0.05, 0) is 49.5 Å². The van der Waals surface area contributed by atoms with E-state index >= 15 is 0 Å². The molecule has 7 nitrogen and oxygen atoms in total. The molecule has 3 heterocycles. The van der Waals surface area contributed by atoms with Crippen molar-refractivity contribution in [2.75, 3.05) is 37.6 Å². The summed E-state index contributed by atoms with van der Waals surface area (Å²) >= 11 is 0. The lowest BCUT2D eigenvalue weighted by Crippen LogP contribution is -2.49. The van der Waals surface area contributed by atoms with Crippen molar-refractivity contribution in [2.24, 2.45) is 23.7 Å². The highest BCUT2D eigenvalue weighted by molar-refractivity contribution is 5.29. The molecule has 2 aromatic rings. The molecule has 0 saturated carbocycles. The Hall–Kier alpha value is -2.28. The van der Waals surface area contributed by atoms with Gasteiger partial charge in [-0.3, -0.25) is 4.90 Å². The molecule has 174 valence electrons. The van der Waals surface area contributed by atoms with Gasteiger partial charge >= 0.3 is 0 Å². The van der Waals surface area contributed by atoms with Gasteiger partial charge in [-0.2, -0.15) is 0 Å². The van der Waals surface area contributed by atoms with Crippen LogP contribution in [0.2, 0.25) is 0 Å². The number of hydrogen-bond donors (Lipinski definition) is 0. The predicted molar refractivity (Wildman–Crippen MR) is 126 cm³/mol. The molecular weight excluding hydrogens is 400 g/mol. The van der Waals surface area contributed by atoms with Crippen molar-refractivity contribution in [3.8, 4) is 0 Å². The highest BCUT2D eigenvalue weighted by Gasteiger charge is 2.34. The summed E-state index contributed by atoms with van der Waals surface area (Å²) in [6.45, 7) is 14.4. The van der Waals surface area contributed by atoms with Crippen LogP contribution in [0.15, 0.2) is 34.5 Å². The second-order valence-electron chi connectivity index (χ2n) is 9.80. The largest absolute Gasteiger partial charge is 0.425 e. The van der Waals surface area contributed by atoms with Crippen LogP contribution in [0.25, 0.3) is 0 Å². The summed E-state index contributed by atoms with van der Waals surface area (Å²) in [4.78, 5) is 13.7. The molecule has 2 aliphatic rings. The van der Waals surface area contributed by atoms with Crippen molar-refractivity contribution in [1.82, 2.24) is 25.1 Å². The van der Waals surface area contributed by atoms with Gasteiger partial charge in [-0.15, -0.1) is 10.2 Å². The topological polar surface area (TPSA) is 71.2 Å². The minimum Gasteiger partial charge on any atom is -0.425 e. The summed E-state index contributed by atoms with van der Waals surface area (Å²) in [7, 11) is 0. The predicted octanol–water partition coefficient (Wildman–Crippen LogP) is 4.03. The first kappa shape index (κ1) is 22.9. The Morgan fingerprint density at radius 1 is 1.06 bits per heavy atom. The van der Waals surface area contributed by atoms with Crippen molar-refractivity contribution in [1.29, 1.82) is 0 Å². The fraction of sp³-hybridized carbons (Fsp3) is 0.680. The van der Waals surface area contributed by atoms with Crippen LogP contribution < -0.4 is 4.90 Å². The average molecular weight is 439 g/mol. The van der Waals surface area contributed by atoms with Crippen molar-refractivity contribution >= 4 is 5.95 Å². The van der Waals surface area contributed by atoms with Gasteiger partial charge in [-0.1, -0.05) is 32.4 Å². The van der Waals surface area contributed by atoms with Crippen molar-refractivity contribution in [3.63, 3.8) is 0 Å². The highest BCUT2D eigenvalue weighted by Crippen LogP contribution is 2.39. The Morgan fingerprint density at radius 2 is 1.78 bits per heavy atom. The third-order valence-electron chi connectivity index (χ3n) is 7.15. The van der Waals surface area contributed by atoms with Crippen LogP contribution >= 0.6 is 0 Å². The third kappa shape index (κ3) is 5.55. The molecule has 0 bridgehead atoms. The Bertz CT molecular complexity index is 872.